The van der Waals surface area contributed by atoms with Crippen LogP contribution in [0.15, 0.2) is 24.3 Å². The summed E-state index contributed by atoms with van der Waals surface area (Å²) in [6, 6.07) is 8.47. The van der Waals surface area contributed by atoms with Crippen LogP contribution in [0, 0.1) is 0 Å². The van der Waals surface area contributed by atoms with Gasteiger partial charge in [0.05, 0.1) is 6.10 Å². The molecule has 15 heavy (non-hydrogen) atoms. The Morgan fingerprint density at radius 2 is 2.07 bits per heavy atom. The molecule has 0 aromatic heterocycles. The fraction of sp³-hybridized carbons (Fsp3) is 0.538. The first-order valence-corrected chi connectivity index (χ1v) is 5.56. The predicted molar refractivity (Wildman–Crippen MR) is 61.7 cm³/mol. The first-order chi connectivity index (χ1) is 7.24. The van der Waals surface area contributed by atoms with E-state index in [9.17, 15) is 0 Å². The monoisotopic (exact) mass is 205 g/mol. The minimum absolute atomic E-state index is 0.241. The maximum absolute atomic E-state index is 5.78. The summed E-state index contributed by atoms with van der Waals surface area (Å²) in [5, 5.41) is 0. The number of nitrogens with two attached hydrogens (primary N) is 1. The highest BCUT2D eigenvalue weighted by atomic mass is 16.5. The standard InChI is InChI=1S/C13H19NO/c1-10(15-2)13(7-8-13)12-6-4-3-5-11(12)9-14/h3-6,10H,7-9,14H2,1-2H3. The Kier molecular flexibility index (Phi) is 2.81. The van der Waals surface area contributed by atoms with Crippen molar-refractivity contribution in [2.75, 3.05) is 7.11 Å². The van der Waals surface area contributed by atoms with Crippen molar-refractivity contribution >= 4 is 0 Å². The van der Waals surface area contributed by atoms with E-state index in [1.54, 1.807) is 7.11 Å². The molecule has 82 valence electrons. The molecule has 0 amide bonds. The molecule has 1 aliphatic carbocycles. The Labute approximate surface area is 91.4 Å². The lowest BCUT2D eigenvalue weighted by molar-refractivity contribution is 0.0847. The van der Waals surface area contributed by atoms with Crippen molar-refractivity contribution in [1.29, 1.82) is 0 Å². The second-order valence-corrected chi connectivity index (χ2v) is 4.40. The molecule has 1 unspecified atom stereocenters. The van der Waals surface area contributed by atoms with E-state index < -0.39 is 0 Å². The van der Waals surface area contributed by atoms with Gasteiger partial charge >= 0.3 is 0 Å². The summed E-state index contributed by atoms with van der Waals surface area (Å²) in [6.07, 6.45) is 2.73. The summed E-state index contributed by atoms with van der Waals surface area (Å²) in [7, 11) is 1.79. The third-order valence-corrected chi connectivity index (χ3v) is 3.69. The van der Waals surface area contributed by atoms with Crippen LogP contribution >= 0.6 is 0 Å². The Hall–Kier alpha value is -0.860. The Balaban J connectivity index is 2.36. The number of hydrogen-bond donors (Lipinski definition) is 1. The van der Waals surface area contributed by atoms with E-state index in [0.29, 0.717) is 6.54 Å². The van der Waals surface area contributed by atoms with E-state index in [2.05, 4.69) is 31.2 Å². The molecule has 2 heteroatoms. The van der Waals surface area contributed by atoms with Gasteiger partial charge in [0, 0.05) is 19.1 Å². The number of ether oxygens (including phenoxy) is 1. The highest BCUT2D eigenvalue weighted by molar-refractivity contribution is 5.39. The topological polar surface area (TPSA) is 35.2 Å². The van der Waals surface area contributed by atoms with Crippen molar-refractivity contribution in [3.63, 3.8) is 0 Å². The minimum Gasteiger partial charge on any atom is -0.381 e. The van der Waals surface area contributed by atoms with Gasteiger partial charge in [0.25, 0.3) is 0 Å². The number of rotatable bonds is 4. The number of benzene rings is 1. The van der Waals surface area contributed by atoms with E-state index in [0.717, 1.165) is 0 Å². The average Bonchev–Trinajstić information content (AvgIpc) is 3.09. The molecule has 0 bridgehead atoms. The van der Waals surface area contributed by atoms with Crippen molar-refractivity contribution < 1.29 is 4.74 Å². The molecule has 2 rings (SSSR count). The van der Waals surface area contributed by atoms with Crippen molar-refractivity contribution in [2.45, 2.75) is 37.8 Å². The van der Waals surface area contributed by atoms with Gasteiger partial charge in [0.15, 0.2) is 0 Å². The lowest BCUT2D eigenvalue weighted by Gasteiger charge is -2.24. The average molecular weight is 205 g/mol. The largest absolute Gasteiger partial charge is 0.381 e. The molecular weight excluding hydrogens is 186 g/mol. The maximum atomic E-state index is 5.78. The lowest BCUT2D eigenvalue weighted by atomic mass is 9.87. The molecule has 0 heterocycles. The fourth-order valence-corrected chi connectivity index (χ4v) is 2.44. The van der Waals surface area contributed by atoms with Crippen LogP contribution in [0.2, 0.25) is 0 Å². The van der Waals surface area contributed by atoms with Crippen LogP contribution < -0.4 is 5.73 Å². The molecule has 1 aromatic carbocycles. The lowest BCUT2D eigenvalue weighted by Crippen LogP contribution is -2.26. The van der Waals surface area contributed by atoms with Crippen LogP contribution in [0.1, 0.15) is 30.9 Å². The zero-order valence-corrected chi connectivity index (χ0v) is 9.49. The van der Waals surface area contributed by atoms with Crippen molar-refractivity contribution in [3.8, 4) is 0 Å². The fourth-order valence-electron chi connectivity index (χ4n) is 2.44. The van der Waals surface area contributed by atoms with Gasteiger partial charge in [-0.25, -0.2) is 0 Å². The highest BCUT2D eigenvalue weighted by Crippen LogP contribution is 2.52. The summed E-state index contributed by atoms with van der Waals surface area (Å²) >= 11 is 0. The van der Waals surface area contributed by atoms with Crippen molar-refractivity contribution in [2.24, 2.45) is 5.73 Å². The third kappa shape index (κ3) is 1.68. The second-order valence-electron chi connectivity index (χ2n) is 4.40. The first kappa shape index (κ1) is 10.7. The van der Waals surface area contributed by atoms with Crippen LogP contribution in [0.4, 0.5) is 0 Å². The van der Waals surface area contributed by atoms with Gasteiger partial charge in [0.1, 0.15) is 0 Å². The van der Waals surface area contributed by atoms with Gasteiger partial charge in [-0.15, -0.1) is 0 Å². The van der Waals surface area contributed by atoms with E-state index >= 15 is 0 Å². The molecule has 2 nitrogen and oxygen atoms in total. The van der Waals surface area contributed by atoms with Gasteiger partial charge in [-0.3, -0.25) is 0 Å². The normalized spacial score (nSPS) is 19.9. The Morgan fingerprint density at radius 3 is 2.60 bits per heavy atom. The van der Waals surface area contributed by atoms with Gasteiger partial charge < -0.3 is 10.5 Å². The maximum Gasteiger partial charge on any atom is 0.0639 e. The molecule has 0 saturated heterocycles. The van der Waals surface area contributed by atoms with E-state index in [4.69, 9.17) is 10.5 Å². The Bertz CT molecular complexity index is 344. The third-order valence-electron chi connectivity index (χ3n) is 3.69. The summed E-state index contributed by atoms with van der Waals surface area (Å²) in [5.74, 6) is 0. The molecule has 1 aliphatic rings. The summed E-state index contributed by atoms with van der Waals surface area (Å²) in [6.45, 7) is 2.77. The molecule has 0 radical (unpaired) electrons. The van der Waals surface area contributed by atoms with Gasteiger partial charge in [-0.1, -0.05) is 24.3 Å². The van der Waals surface area contributed by atoms with Gasteiger partial charge in [-0.05, 0) is 30.9 Å². The second kappa shape index (κ2) is 3.95. The molecule has 0 aliphatic heterocycles. The van der Waals surface area contributed by atoms with Crippen LogP contribution in [0.3, 0.4) is 0 Å². The van der Waals surface area contributed by atoms with E-state index in [1.165, 1.54) is 24.0 Å². The van der Waals surface area contributed by atoms with Gasteiger partial charge in [-0.2, -0.15) is 0 Å². The minimum atomic E-state index is 0.241. The summed E-state index contributed by atoms with van der Waals surface area (Å²) in [4.78, 5) is 0. The first-order valence-electron chi connectivity index (χ1n) is 5.56. The smallest absolute Gasteiger partial charge is 0.0639 e. The molecule has 1 saturated carbocycles. The van der Waals surface area contributed by atoms with Crippen LogP contribution in [-0.4, -0.2) is 13.2 Å². The van der Waals surface area contributed by atoms with E-state index in [-0.39, 0.29) is 11.5 Å². The zero-order chi connectivity index (χ0) is 10.9. The molecule has 1 aromatic rings. The van der Waals surface area contributed by atoms with Crippen molar-refractivity contribution in [3.05, 3.63) is 35.4 Å². The molecule has 0 spiro atoms. The quantitative estimate of drug-likeness (QED) is 0.818. The van der Waals surface area contributed by atoms with Crippen LogP contribution in [0.5, 0.6) is 0 Å². The summed E-state index contributed by atoms with van der Waals surface area (Å²) < 4.78 is 5.49. The molecule has 2 N–H and O–H groups in total. The van der Waals surface area contributed by atoms with Crippen molar-refractivity contribution in [1.82, 2.24) is 0 Å². The van der Waals surface area contributed by atoms with Crippen LogP contribution in [0.25, 0.3) is 0 Å². The number of hydrogen-bond acceptors (Lipinski definition) is 2. The van der Waals surface area contributed by atoms with Gasteiger partial charge in [0.2, 0.25) is 0 Å². The SMILES string of the molecule is COC(C)C1(c2ccccc2CN)CC1. The highest BCUT2D eigenvalue weighted by Gasteiger charge is 2.49. The number of methoxy groups -OCH3 is 1. The molecular formula is C13H19NO. The van der Waals surface area contributed by atoms with E-state index in [1.807, 2.05) is 0 Å². The molecule has 1 atom stereocenters. The van der Waals surface area contributed by atoms with Crippen LogP contribution in [-0.2, 0) is 16.7 Å². The zero-order valence-electron chi connectivity index (χ0n) is 9.49. The summed E-state index contributed by atoms with van der Waals surface area (Å²) in [5.41, 5.74) is 8.67. The predicted octanol–water partition coefficient (Wildman–Crippen LogP) is 2.21. The Morgan fingerprint density at radius 1 is 1.40 bits per heavy atom. The molecule has 1 fully saturated rings.